The third-order valence-corrected chi connectivity index (χ3v) is 4.68. The van der Waals surface area contributed by atoms with Gasteiger partial charge in [-0.15, -0.1) is 0 Å². The van der Waals surface area contributed by atoms with Crippen LogP contribution in [0.3, 0.4) is 0 Å². The lowest BCUT2D eigenvalue weighted by Crippen LogP contribution is -2.51. The summed E-state index contributed by atoms with van der Waals surface area (Å²) in [4.78, 5) is 16.8. The number of benzene rings is 1. The van der Waals surface area contributed by atoms with Gasteiger partial charge in [-0.3, -0.25) is 9.69 Å². The van der Waals surface area contributed by atoms with E-state index in [0.717, 1.165) is 50.4 Å². The summed E-state index contributed by atoms with van der Waals surface area (Å²) >= 11 is 0. The zero-order valence-corrected chi connectivity index (χ0v) is 14.3. The van der Waals surface area contributed by atoms with Crippen LogP contribution in [0.5, 0.6) is 0 Å². The second-order valence-corrected chi connectivity index (χ2v) is 6.24. The first-order valence-electron chi connectivity index (χ1n) is 8.56. The third-order valence-electron chi connectivity index (χ3n) is 4.68. The predicted octanol–water partition coefficient (Wildman–Crippen LogP) is 1.71. The molecule has 1 aliphatic rings. The monoisotopic (exact) mass is 319 g/mol. The molecule has 0 radical (unpaired) electrons. The predicted molar refractivity (Wildman–Crippen MR) is 93.6 cm³/mol. The molecule has 0 saturated carbocycles. The largest absolute Gasteiger partial charge is 0.395 e. The first-order chi connectivity index (χ1) is 11.1. The summed E-state index contributed by atoms with van der Waals surface area (Å²) in [5.41, 5.74) is 1.99. The van der Waals surface area contributed by atoms with Crippen LogP contribution in [0.2, 0.25) is 0 Å². The van der Waals surface area contributed by atoms with Crippen LogP contribution in [0.1, 0.15) is 25.3 Å². The number of para-hydroxylation sites is 1. The first-order valence-corrected chi connectivity index (χ1v) is 8.56. The smallest absolute Gasteiger partial charge is 0.225 e. The van der Waals surface area contributed by atoms with E-state index in [2.05, 4.69) is 22.0 Å². The molecule has 5 nitrogen and oxygen atoms in total. The number of rotatable bonds is 7. The highest BCUT2D eigenvalue weighted by Crippen LogP contribution is 2.14. The molecular formula is C18H29N3O2. The standard InChI is InChI=1S/C18H29N3O2/c1-3-16(14-22)21-12-10-20(11-13-21)9-8-18(23)19-17-7-5-4-6-15(17)2/h4-7,16,22H,3,8-14H2,1-2H3,(H,19,23). The SMILES string of the molecule is CCC(CO)N1CCN(CCC(=O)Nc2ccccc2C)CC1. The van der Waals surface area contributed by atoms with E-state index in [4.69, 9.17) is 0 Å². The van der Waals surface area contributed by atoms with E-state index in [0.29, 0.717) is 6.42 Å². The van der Waals surface area contributed by atoms with Crippen molar-refractivity contribution in [1.29, 1.82) is 0 Å². The molecule has 0 aliphatic carbocycles. The Morgan fingerprint density at radius 3 is 2.57 bits per heavy atom. The van der Waals surface area contributed by atoms with Crippen LogP contribution < -0.4 is 5.32 Å². The quantitative estimate of drug-likeness (QED) is 0.803. The van der Waals surface area contributed by atoms with Crippen LogP contribution in [-0.4, -0.2) is 66.2 Å². The molecule has 1 amide bonds. The number of aryl methyl sites for hydroxylation is 1. The molecule has 1 atom stereocenters. The van der Waals surface area contributed by atoms with Crippen molar-refractivity contribution in [3.05, 3.63) is 29.8 Å². The zero-order chi connectivity index (χ0) is 16.7. The van der Waals surface area contributed by atoms with Gasteiger partial charge in [-0.2, -0.15) is 0 Å². The molecule has 128 valence electrons. The van der Waals surface area contributed by atoms with Crippen molar-refractivity contribution >= 4 is 11.6 Å². The van der Waals surface area contributed by atoms with E-state index in [1.165, 1.54) is 0 Å². The molecule has 1 aliphatic heterocycles. The first kappa shape index (κ1) is 17.9. The van der Waals surface area contributed by atoms with Crippen molar-refractivity contribution in [2.45, 2.75) is 32.7 Å². The molecule has 2 N–H and O–H groups in total. The maximum Gasteiger partial charge on any atom is 0.225 e. The molecule has 0 aromatic heterocycles. The molecule has 2 rings (SSSR count). The third kappa shape index (κ3) is 5.30. The molecule has 0 spiro atoms. The van der Waals surface area contributed by atoms with Gasteiger partial charge in [-0.1, -0.05) is 25.1 Å². The fourth-order valence-electron chi connectivity index (χ4n) is 3.04. The number of aliphatic hydroxyl groups is 1. The zero-order valence-electron chi connectivity index (χ0n) is 14.3. The summed E-state index contributed by atoms with van der Waals surface area (Å²) < 4.78 is 0. The number of hydrogen-bond donors (Lipinski definition) is 2. The lowest BCUT2D eigenvalue weighted by Gasteiger charge is -2.38. The van der Waals surface area contributed by atoms with E-state index in [-0.39, 0.29) is 18.6 Å². The van der Waals surface area contributed by atoms with Crippen molar-refractivity contribution in [2.75, 3.05) is 44.6 Å². The normalized spacial score (nSPS) is 17.9. The Morgan fingerprint density at radius 1 is 1.26 bits per heavy atom. The number of aliphatic hydroxyl groups excluding tert-OH is 1. The van der Waals surface area contributed by atoms with Gasteiger partial charge in [0.05, 0.1) is 6.61 Å². The minimum absolute atomic E-state index is 0.0727. The van der Waals surface area contributed by atoms with Gasteiger partial charge >= 0.3 is 0 Å². The molecule has 1 aromatic rings. The van der Waals surface area contributed by atoms with Crippen LogP contribution in [0.4, 0.5) is 5.69 Å². The highest BCUT2D eigenvalue weighted by molar-refractivity contribution is 5.91. The van der Waals surface area contributed by atoms with Gasteiger partial charge in [0.2, 0.25) is 5.91 Å². The van der Waals surface area contributed by atoms with E-state index in [1.807, 2.05) is 31.2 Å². The Kier molecular flexibility index (Phi) is 7.02. The Bertz CT molecular complexity index is 495. The minimum atomic E-state index is 0.0727. The van der Waals surface area contributed by atoms with Gasteiger partial charge in [0.15, 0.2) is 0 Å². The van der Waals surface area contributed by atoms with Gasteiger partial charge in [-0.25, -0.2) is 0 Å². The maximum absolute atomic E-state index is 12.1. The highest BCUT2D eigenvalue weighted by Gasteiger charge is 2.22. The van der Waals surface area contributed by atoms with Crippen molar-refractivity contribution in [2.24, 2.45) is 0 Å². The molecule has 0 bridgehead atoms. The van der Waals surface area contributed by atoms with Crippen LogP contribution in [0, 0.1) is 6.92 Å². The average molecular weight is 319 g/mol. The average Bonchev–Trinajstić information content (AvgIpc) is 2.57. The molecule has 23 heavy (non-hydrogen) atoms. The van der Waals surface area contributed by atoms with E-state index in [9.17, 15) is 9.90 Å². The van der Waals surface area contributed by atoms with Crippen LogP contribution in [-0.2, 0) is 4.79 Å². The molecule has 1 aromatic carbocycles. The second-order valence-electron chi connectivity index (χ2n) is 6.24. The summed E-state index contributed by atoms with van der Waals surface area (Å²) in [5, 5.41) is 12.4. The summed E-state index contributed by atoms with van der Waals surface area (Å²) in [6, 6.07) is 8.13. The van der Waals surface area contributed by atoms with Gasteiger partial charge in [-0.05, 0) is 25.0 Å². The number of carbonyl (C=O) groups is 1. The van der Waals surface area contributed by atoms with Gasteiger partial charge in [0.1, 0.15) is 0 Å². The van der Waals surface area contributed by atoms with E-state index < -0.39 is 0 Å². The van der Waals surface area contributed by atoms with Crippen molar-refractivity contribution in [1.82, 2.24) is 9.80 Å². The lowest BCUT2D eigenvalue weighted by molar-refractivity contribution is -0.116. The molecular weight excluding hydrogens is 290 g/mol. The molecule has 1 heterocycles. The van der Waals surface area contributed by atoms with Crippen molar-refractivity contribution in [3.8, 4) is 0 Å². The van der Waals surface area contributed by atoms with Gasteiger partial charge < -0.3 is 15.3 Å². The summed E-state index contributed by atoms with van der Waals surface area (Å²) in [6.45, 7) is 9.01. The molecule has 5 heteroatoms. The van der Waals surface area contributed by atoms with Crippen molar-refractivity contribution < 1.29 is 9.90 Å². The Balaban J connectivity index is 1.71. The maximum atomic E-state index is 12.1. The molecule has 1 saturated heterocycles. The number of piperazine rings is 1. The number of nitrogens with zero attached hydrogens (tertiary/aromatic N) is 2. The topological polar surface area (TPSA) is 55.8 Å². The Hall–Kier alpha value is -1.43. The fourth-order valence-corrected chi connectivity index (χ4v) is 3.04. The molecule has 1 unspecified atom stereocenters. The van der Waals surface area contributed by atoms with Crippen LogP contribution in [0.15, 0.2) is 24.3 Å². The van der Waals surface area contributed by atoms with Crippen LogP contribution >= 0.6 is 0 Å². The molecule has 1 fully saturated rings. The number of hydrogen-bond acceptors (Lipinski definition) is 4. The summed E-state index contributed by atoms with van der Waals surface area (Å²) in [6.07, 6.45) is 1.50. The summed E-state index contributed by atoms with van der Waals surface area (Å²) in [5.74, 6) is 0.0727. The van der Waals surface area contributed by atoms with E-state index >= 15 is 0 Å². The fraction of sp³-hybridized carbons (Fsp3) is 0.611. The number of nitrogens with one attached hydrogen (secondary N) is 1. The van der Waals surface area contributed by atoms with Gasteiger partial charge in [0, 0.05) is 50.9 Å². The van der Waals surface area contributed by atoms with E-state index in [1.54, 1.807) is 0 Å². The highest BCUT2D eigenvalue weighted by atomic mass is 16.3. The summed E-state index contributed by atoms with van der Waals surface area (Å²) in [7, 11) is 0. The number of amides is 1. The Morgan fingerprint density at radius 2 is 1.96 bits per heavy atom. The number of carbonyl (C=O) groups excluding carboxylic acids is 1. The lowest BCUT2D eigenvalue weighted by atomic mass is 10.1. The van der Waals surface area contributed by atoms with Crippen molar-refractivity contribution in [3.63, 3.8) is 0 Å². The Labute approximate surface area is 139 Å². The number of anilines is 1. The van der Waals surface area contributed by atoms with Gasteiger partial charge in [0.25, 0.3) is 0 Å². The second kappa shape index (κ2) is 9.01. The minimum Gasteiger partial charge on any atom is -0.395 e. The van der Waals surface area contributed by atoms with Crippen LogP contribution in [0.25, 0.3) is 0 Å².